The molecular weight excluding hydrogens is 489 g/mol. The molecule has 0 bridgehead atoms. The molecule has 0 radical (unpaired) electrons. The molecule has 0 spiro atoms. The van der Waals surface area contributed by atoms with Gasteiger partial charge in [0.15, 0.2) is 5.03 Å². The first-order chi connectivity index (χ1) is 17.9. The lowest BCUT2D eigenvalue weighted by molar-refractivity contribution is -0.124. The van der Waals surface area contributed by atoms with Crippen molar-refractivity contribution in [3.05, 3.63) is 65.1 Å². The number of halogens is 1. The van der Waals surface area contributed by atoms with Gasteiger partial charge in [-0.25, -0.2) is 8.70 Å². The van der Waals surface area contributed by atoms with E-state index in [4.69, 9.17) is 5.41 Å². The van der Waals surface area contributed by atoms with Crippen molar-refractivity contribution < 1.29 is 9.18 Å². The number of carbonyl (C=O) groups excluding carboxylic acids is 1. The van der Waals surface area contributed by atoms with Gasteiger partial charge < -0.3 is 16.0 Å². The second kappa shape index (κ2) is 9.25. The fourth-order valence-corrected chi connectivity index (χ4v) is 7.03. The normalized spacial score (nSPS) is 24.8. The predicted molar refractivity (Wildman–Crippen MR) is 142 cm³/mol. The lowest BCUT2D eigenvalue weighted by atomic mass is 9.86. The van der Waals surface area contributed by atoms with Crippen LogP contribution >= 0.6 is 11.9 Å². The molecule has 10 heteroatoms. The van der Waals surface area contributed by atoms with Gasteiger partial charge >= 0.3 is 0 Å². The molecule has 3 aliphatic rings. The minimum atomic E-state index is -0.306. The third-order valence-corrected chi connectivity index (χ3v) is 8.97. The molecule has 2 saturated carbocycles. The lowest BCUT2D eigenvalue weighted by Crippen LogP contribution is -2.42. The van der Waals surface area contributed by atoms with Crippen LogP contribution in [-0.4, -0.2) is 50.6 Å². The first kappa shape index (κ1) is 24.1. The SMILES string of the molecule is Cc1cc(Nc2ccc(F)cc2)c(C=N)cc1C12CN(Sc3cnn(C)n3)CC1C2C(=O)NC1CCC1. The first-order valence-electron chi connectivity index (χ1n) is 12.6. The number of aryl methyl sites for hydroxylation is 2. The molecule has 37 heavy (non-hydrogen) atoms. The molecule has 8 nitrogen and oxygen atoms in total. The summed E-state index contributed by atoms with van der Waals surface area (Å²) in [4.78, 5) is 15.0. The van der Waals surface area contributed by atoms with Crippen LogP contribution in [0.1, 0.15) is 36.0 Å². The monoisotopic (exact) mass is 519 g/mol. The maximum absolute atomic E-state index is 13.4. The van der Waals surface area contributed by atoms with Gasteiger partial charge in [0.1, 0.15) is 5.82 Å². The van der Waals surface area contributed by atoms with Gasteiger partial charge in [0.05, 0.1) is 12.1 Å². The third-order valence-electron chi connectivity index (χ3n) is 8.06. The van der Waals surface area contributed by atoms with Gasteiger partial charge in [-0.1, -0.05) is 0 Å². The third kappa shape index (κ3) is 4.31. The van der Waals surface area contributed by atoms with Crippen LogP contribution in [0, 0.1) is 30.0 Å². The zero-order chi connectivity index (χ0) is 25.7. The Balaban J connectivity index is 1.31. The van der Waals surface area contributed by atoms with E-state index >= 15 is 0 Å². The zero-order valence-electron chi connectivity index (χ0n) is 20.9. The number of hydrogen-bond donors (Lipinski definition) is 3. The average Bonchev–Trinajstić information content (AvgIpc) is 3.09. The predicted octanol–water partition coefficient (Wildman–Crippen LogP) is 4.18. The van der Waals surface area contributed by atoms with Crippen molar-refractivity contribution in [2.24, 2.45) is 18.9 Å². The Hall–Kier alpha value is -3.24. The summed E-state index contributed by atoms with van der Waals surface area (Å²) in [6, 6.07) is 10.6. The second-order valence-electron chi connectivity index (χ2n) is 10.4. The van der Waals surface area contributed by atoms with E-state index in [1.54, 1.807) is 42.1 Å². The molecule has 1 aliphatic heterocycles. The molecule has 2 heterocycles. The van der Waals surface area contributed by atoms with Crippen molar-refractivity contribution in [1.82, 2.24) is 24.6 Å². The standard InChI is InChI=1S/C27H30FN7OS/c1-16-10-23(31-20-8-6-18(28)7-9-20)17(12-29)11-21(16)27-15-35(37-24-13-30-34(2)33-24)14-22(27)25(27)26(36)32-19-4-3-5-19/h6-13,19,22,25,29,31H,3-5,14-15H2,1-2H3,(H,32,36). The number of nitrogens with zero attached hydrogens (tertiary/aromatic N) is 4. The van der Waals surface area contributed by atoms with Crippen LogP contribution in [0.2, 0.25) is 0 Å². The van der Waals surface area contributed by atoms with Crippen LogP contribution in [-0.2, 0) is 17.3 Å². The topological polar surface area (TPSA) is 98.9 Å². The number of rotatable bonds is 8. The van der Waals surface area contributed by atoms with Crippen molar-refractivity contribution in [3.63, 3.8) is 0 Å². The largest absolute Gasteiger partial charge is 0.355 e. The maximum Gasteiger partial charge on any atom is 0.224 e. The fraction of sp³-hybridized carbons (Fsp3) is 0.407. The number of amides is 1. The Labute approximate surface area is 219 Å². The van der Waals surface area contributed by atoms with Gasteiger partial charge in [0, 0.05) is 54.7 Å². The summed E-state index contributed by atoms with van der Waals surface area (Å²) in [5, 5.41) is 24.2. The Morgan fingerprint density at radius 1 is 1.27 bits per heavy atom. The van der Waals surface area contributed by atoms with Crippen molar-refractivity contribution in [3.8, 4) is 0 Å². The van der Waals surface area contributed by atoms with Crippen LogP contribution in [0.15, 0.2) is 47.6 Å². The van der Waals surface area contributed by atoms with E-state index in [9.17, 15) is 9.18 Å². The van der Waals surface area contributed by atoms with E-state index in [0.717, 1.165) is 59.0 Å². The van der Waals surface area contributed by atoms with E-state index in [1.165, 1.54) is 24.8 Å². The summed E-state index contributed by atoms with van der Waals surface area (Å²) in [6.07, 6.45) is 6.40. The Morgan fingerprint density at radius 3 is 2.70 bits per heavy atom. The highest BCUT2D eigenvalue weighted by molar-refractivity contribution is 7.97. The number of benzene rings is 2. The van der Waals surface area contributed by atoms with Gasteiger partial charge in [-0.05, 0) is 91.6 Å². The number of hydrogen-bond acceptors (Lipinski definition) is 7. The second-order valence-corrected chi connectivity index (χ2v) is 11.5. The summed E-state index contributed by atoms with van der Waals surface area (Å²) in [5.41, 5.74) is 4.17. The van der Waals surface area contributed by atoms with Crippen LogP contribution in [0.25, 0.3) is 0 Å². The average molecular weight is 520 g/mol. The highest BCUT2D eigenvalue weighted by atomic mass is 32.2. The first-order valence-corrected chi connectivity index (χ1v) is 13.4. The molecule has 3 unspecified atom stereocenters. The molecule has 3 aromatic rings. The molecule has 2 aliphatic carbocycles. The molecule has 6 rings (SSSR count). The minimum absolute atomic E-state index is 0.0833. The summed E-state index contributed by atoms with van der Waals surface area (Å²) in [6.45, 7) is 3.59. The Kier molecular flexibility index (Phi) is 6.03. The molecule has 1 aromatic heterocycles. The number of piperidine rings is 1. The Bertz CT molecular complexity index is 1360. The summed E-state index contributed by atoms with van der Waals surface area (Å²) < 4.78 is 15.7. The van der Waals surface area contributed by atoms with Crippen molar-refractivity contribution in [1.29, 1.82) is 5.41 Å². The quantitative estimate of drug-likeness (QED) is 0.305. The van der Waals surface area contributed by atoms with Gasteiger partial charge in [-0.3, -0.25) is 4.79 Å². The van der Waals surface area contributed by atoms with Crippen LogP contribution in [0.3, 0.4) is 0 Å². The van der Waals surface area contributed by atoms with E-state index in [-0.39, 0.29) is 29.0 Å². The highest BCUT2D eigenvalue weighted by Crippen LogP contribution is 2.66. The van der Waals surface area contributed by atoms with Crippen molar-refractivity contribution in [2.75, 3.05) is 18.4 Å². The molecule has 1 saturated heterocycles. The van der Waals surface area contributed by atoms with Crippen LogP contribution in [0.4, 0.5) is 15.8 Å². The van der Waals surface area contributed by atoms with E-state index < -0.39 is 0 Å². The molecule has 3 fully saturated rings. The van der Waals surface area contributed by atoms with Gasteiger partial charge in [0.2, 0.25) is 5.91 Å². The molecular formula is C27H30FN7OS. The number of nitrogens with one attached hydrogen (secondary N) is 3. The van der Waals surface area contributed by atoms with Gasteiger partial charge in [0.25, 0.3) is 0 Å². The van der Waals surface area contributed by atoms with Crippen molar-refractivity contribution in [2.45, 2.75) is 42.7 Å². The number of fused-ring (bicyclic) bond motifs is 1. The fourth-order valence-electron chi connectivity index (χ4n) is 6.00. The molecule has 3 atom stereocenters. The molecule has 192 valence electrons. The summed E-state index contributed by atoms with van der Waals surface area (Å²) in [5.74, 6) is -0.0206. The Morgan fingerprint density at radius 2 is 2.05 bits per heavy atom. The smallest absolute Gasteiger partial charge is 0.224 e. The zero-order valence-corrected chi connectivity index (χ0v) is 21.7. The van der Waals surface area contributed by atoms with Crippen molar-refractivity contribution >= 4 is 35.4 Å². The lowest BCUT2D eigenvalue weighted by Gasteiger charge is -2.29. The van der Waals surface area contributed by atoms with Gasteiger partial charge in [-0.2, -0.15) is 9.90 Å². The number of anilines is 2. The molecule has 1 amide bonds. The van der Waals surface area contributed by atoms with Crippen LogP contribution in [0.5, 0.6) is 0 Å². The van der Waals surface area contributed by atoms with E-state index in [2.05, 4.69) is 38.1 Å². The summed E-state index contributed by atoms with van der Waals surface area (Å²) >= 11 is 1.58. The number of aromatic nitrogens is 3. The van der Waals surface area contributed by atoms with E-state index in [1.807, 2.05) is 6.07 Å². The summed E-state index contributed by atoms with van der Waals surface area (Å²) in [7, 11) is 1.80. The minimum Gasteiger partial charge on any atom is -0.355 e. The number of carbonyl (C=O) groups is 1. The molecule has 2 aromatic carbocycles. The maximum atomic E-state index is 13.4. The molecule has 3 N–H and O–H groups in total. The highest BCUT2D eigenvalue weighted by Gasteiger charge is 2.73. The van der Waals surface area contributed by atoms with Crippen LogP contribution < -0.4 is 10.6 Å². The van der Waals surface area contributed by atoms with Gasteiger partial charge in [-0.15, -0.1) is 5.10 Å². The van der Waals surface area contributed by atoms with E-state index in [0.29, 0.717) is 6.04 Å².